The lowest BCUT2D eigenvalue weighted by Gasteiger charge is -2.16. The third-order valence-electron chi connectivity index (χ3n) is 3.92. The summed E-state index contributed by atoms with van der Waals surface area (Å²) in [5, 5.41) is 37.3. The van der Waals surface area contributed by atoms with Crippen molar-refractivity contribution >= 4 is 34.1 Å². The van der Waals surface area contributed by atoms with Crippen molar-refractivity contribution in [2.75, 3.05) is 19.8 Å². The van der Waals surface area contributed by atoms with Crippen molar-refractivity contribution in [1.29, 1.82) is 5.41 Å². The maximum absolute atomic E-state index is 11.3. The molecule has 0 spiro atoms. The minimum atomic E-state index is -1.30. The summed E-state index contributed by atoms with van der Waals surface area (Å²) in [6.07, 6.45) is -2.05. The summed E-state index contributed by atoms with van der Waals surface area (Å²) < 4.78 is 12.5. The van der Waals surface area contributed by atoms with E-state index in [2.05, 4.69) is 9.97 Å². The number of hydrogen-bond acceptors (Lipinski definition) is 10. The number of imidazole rings is 1. The highest BCUT2D eigenvalue weighted by Crippen LogP contribution is 2.30. The summed E-state index contributed by atoms with van der Waals surface area (Å²) >= 11 is 0. The summed E-state index contributed by atoms with van der Waals surface area (Å²) in [5.74, 6) is -0.587. The van der Waals surface area contributed by atoms with Gasteiger partial charge in [-0.3, -0.25) is 9.98 Å². The number of aromatic nitrogens is 4. The van der Waals surface area contributed by atoms with E-state index in [4.69, 9.17) is 19.7 Å². The number of nitrogens with one attached hydrogen (secondary N) is 1. The number of esters is 1. The van der Waals surface area contributed by atoms with Crippen molar-refractivity contribution in [1.82, 2.24) is 19.3 Å². The maximum atomic E-state index is 11.3. The van der Waals surface area contributed by atoms with Crippen molar-refractivity contribution in [2.45, 2.75) is 31.5 Å². The number of halogens is 1. The van der Waals surface area contributed by atoms with Crippen molar-refractivity contribution in [3.8, 4) is 0 Å². The van der Waals surface area contributed by atoms with Crippen LogP contribution in [0.2, 0.25) is 0 Å². The number of ether oxygens (including phenoxy) is 2. The fourth-order valence-electron chi connectivity index (χ4n) is 2.64. The summed E-state index contributed by atoms with van der Waals surface area (Å²) in [7, 11) is 0. The third-order valence-corrected chi connectivity index (χ3v) is 3.92. The first kappa shape index (κ1) is 21.2. The van der Waals surface area contributed by atoms with E-state index in [-0.39, 0.29) is 40.2 Å². The molecule has 3 rings (SSSR count). The van der Waals surface area contributed by atoms with Gasteiger partial charge in [0, 0.05) is 0 Å². The number of hydrogen-bond donors (Lipinski definition) is 4. The van der Waals surface area contributed by atoms with E-state index in [1.165, 1.54) is 17.2 Å². The molecule has 0 amide bonds. The van der Waals surface area contributed by atoms with Crippen LogP contribution in [0.15, 0.2) is 12.7 Å². The van der Waals surface area contributed by atoms with Gasteiger partial charge >= 0.3 is 5.97 Å². The fourth-order valence-corrected chi connectivity index (χ4v) is 2.64. The van der Waals surface area contributed by atoms with Gasteiger partial charge in [-0.25, -0.2) is 14.8 Å². The highest BCUT2D eigenvalue weighted by molar-refractivity contribution is 8.93. The number of nitrogens with zero attached hydrogens (tertiary/aromatic N) is 4. The number of aliphatic hydroxyl groups is 3. The average molecular weight is 450 g/mol. The van der Waals surface area contributed by atoms with E-state index >= 15 is 0 Å². The van der Waals surface area contributed by atoms with E-state index in [1.807, 2.05) is 0 Å². The van der Waals surface area contributed by atoms with Crippen LogP contribution in [0, 0.1) is 5.41 Å². The second kappa shape index (κ2) is 8.75. The van der Waals surface area contributed by atoms with E-state index in [0.717, 1.165) is 4.73 Å². The Labute approximate surface area is 163 Å². The lowest BCUT2D eigenvalue weighted by Crippen LogP contribution is -2.33. The molecule has 150 valence electrons. The molecule has 12 nitrogen and oxygen atoms in total. The predicted molar refractivity (Wildman–Crippen MR) is 92.8 cm³/mol. The van der Waals surface area contributed by atoms with Crippen molar-refractivity contribution in [2.24, 2.45) is 0 Å². The second-order valence-electron chi connectivity index (χ2n) is 5.55. The van der Waals surface area contributed by atoms with Gasteiger partial charge in [-0.2, -0.15) is 4.73 Å². The number of fused-ring (bicyclic) bond motifs is 1. The molecule has 1 fully saturated rings. The van der Waals surface area contributed by atoms with Gasteiger partial charge in [0.05, 0.1) is 19.5 Å². The molecule has 27 heavy (non-hydrogen) atoms. The van der Waals surface area contributed by atoms with Crippen LogP contribution in [-0.2, 0) is 14.3 Å². The van der Waals surface area contributed by atoms with E-state index in [1.54, 1.807) is 6.92 Å². The summed E-state index contributed by atoms with van der Waals surface area (Å²) in [4.78, 5) is 24.7. The van der Waals surface area contributed by atoms with E-state index in [0.29, 0.717) is 0 Å². The monoisotopic (exact) mass is 449 g/mol. The van der Waals surface area contributed by atoms with E-state index in [9.17, 15) is 20.1 Å². The van der Waals surface area contributed by atoms with Gasteiger partial charge in [-0.05, 0) is 6.92 Å². The van der Waals surface area contributed by atoms with Crippen LogP contribution in [0.1, 0.15) is 13.2 Å². The van der Waals surface area contributed by atoms with Crippen LogP contribution >= 0.6 is 17.0 Å². The molecular weight excluding hydrogens is 430 g/mol. The Morgan fingerprint density at radius 2 is 2.07 bits per heavy atom. The molecule has 1 aliphatic heterocycles. The first-order valence-electron chi connectivity index (χ1n) is 7.88. The lowest BCUT2D eigenvalue weighted by atomic mass is 10.1. The van der Waals surface area contributed by atoms with Gasteiger partial charge in [0.1, 0.15) is 24.6 Å². The fraction of sp³-hybridized carbons (Fsp3) is 0.571. The molecule has 3 heterocycles. The molecule has 0 aromatic carbocycles. The summed E-state index contributed by atoms with van der Waals surface area (Å²) in [5.41, 5.74) is 0.166. The highest BCUT2D eigenvalue weighted by atomic mass is 79.9. The standard InChI is InChI=1S/C14H19N5O7.BrH/c1-2-24-8(21)4-25-19-6-17-13-9(12(19)15)16-5-18(13)14-11(23)10(22)7(3-20)26-14;/h5-7,10-11,14-15,20,22-23H,2-4H2,1H3;1H/t7-,10-,11-,14-;/m1./s1. The molecule has 0 bridgehead atoms. The van der Waals surface area contributed by atoms with Gasteiger partial charge in [-0.1, -0.05) is 0 Å². The Hall–Kier alpha value is -2.06. The van der Waals surface area contributed by atoms with Crippen molar-refractivity contribution < 1.29 is 34.4 Å². The van der Waals surface area contributed by atoms with Crippen LogP contribution < -0.4 is 10.3 Å². The van der Waals surface area contributed by atoms with Gasteiger partial charge in [0.2, 0.25) is 6.61 Å². The Morgan fingerprint density at radius 1 is 1.33 bits per heavy atom. The molecule has 0 aliphatic carbocycles. The van der Waals surface area contributed by atoms with Gasteiger partial charge in [0.25, 0.3) is 0 Å². The topological polar surface area (TPSA) is 165 Å². The zero-order valence-corrected chi connectivity index (χ0v) is 16.0. The van der Waals surface area contributed by atoms with Crippen LogP contribution in [-0.4, -0.2) is 78.7 Å². The molecule has 0 saturated carbocycles. The number of carbonyl (C=O) groups is 1. The minimum absolute atomic E-state index is 0. The van der Waals surface area contributed by atoms with E-state index < -0.39 is 43.7 Å². The molecule has 2 aromatic rings. The molecule has 0 unspecified atom stereocenters. The quantitative estimate of drug-likeness (QED) is 0.361. The first-order valence-corrected chi connectivity index (χ1v) is 7.88. The molecule has 2 aromatic heterocycles. The smallest absolute Gasteiger partial charge is 0.346 e. The zero-order valence-electron chi connectivity index (χ0n) is 14.3. The molecule has 4 N–H and O–H groups in total. The summed E-state index contributed by atoms with van der Waals surface area (Å²) in [6.45, 7) is 1.03. The van der Waals surface area contributed by atoms with Crippen LogP contribution in [0.5, 0.6) is 0 Å². The largest absolute Gasteiger partial charge is 0.463 e. The van der Waals surface area contributed by atoms with Crippen LogP contribution in [0.25, 0.3) is 11.2 Å². The van der Waals surface area contributed by atoms with Gasteiger partial charge in [0.15, 0.2) is 22.9 Å². The van der Waals surface area contributed by atoms with Gasteiger partial charge < -0.3 is 29.6 Å². The Kier molecular flexibility index (Phi) is 6.89. The Bertz CT molecular complexity index is 856. The molecule has 13 heteroatoms. The minimum Gasteiger partial charge on any atom is -0.463 e. The second-order valence-corrected chi connectivity index (χ2v) is 5.55. The third kappa shape index (κ3) is 3.96. The zero-order chi connectivity index (χ0) is 18.8. The first-order chi connectivity index (χ1) is 12.5. The average Bonchev–Trinajstić information content (AvgIpc) is 3.17. The molecular formula is C14H20BrN5O7. The molecule has 1 aliphatic rings. The lowest BCUT2D eigenvalue weighted by molar-refractivity contribution is -0.148. The van der Waals surface area contributed by atoms with Crippen LogP contribution in [0.4, 0.5) is 0 Å². The number of aliphatic hydroxyl groups excluding tert-OH is 3. The van der Waals surface area contributed by atoms with Crippen molar-refractivity contribution in [3.05, 3.63) is 18.1 Å². The SMILES string of the molecule is Br.CCOC(=O)COn1cnc2c(ncn2[C@@H]2O[C@H](CO)[C@@H](O)[C@H]2O)c1=N. The normalized spacial score (nSPS) is 24.6. The molecule has 0 radical (unpaired) electrons. The summed E-state index contributed by atoms with van der Waals surface area (Å²) in [6, 6.07) is 0. The van der Waals surface area contributed by atoms with Gasteiger partial charge in [-0.15, -0.1) is 17.0 Å². The predicted octanol–water partition coefficient (Wildman–Crippen LogP) is -2.11. The molecule has 1 saturated heterocycles. The number of rotatable bonds is 6. The number of carbonyl (C=O) groups excluding carboxylic acids is 1. The van der Waals surface area contributed by atoms with Crippen LogP contribution in [0.3, 0.4) is 0 Å². The Balaban J connectivity index is 0.00000261. The van der Waals surface area contributed by atoms with Crippen molar-refractivity contribution in [3.63, 3.8) is 0 Å². The highest BCUT2D eigenvalue weighted by Gasteiger charge is 2.44. The Morgan fingerprint density at radius 3 is 2.70 bits per heavy atom. The maximum Gasteiger partial charge on any atom is 0.346 e. The molecule has 4 atom stereocenters.